The summed E-state index contributed by atoms with van der Waals surface area (Å²) in [5, 5.41) is 3.70. The average molecular weight is 293 g/mol. The van der Waals surface area contributed by atoms with Crippen molar-refractivity contribution in [3.8, 4) is 11.5 Å². The monoisotopic (exact) mass is 293 g/mol. The summed E-state index contributed by atoms with van der Waals surface area (Å²) in [6.45, 7) is 6.69. The van der Waals surface area contributed by atoms with Gasteiger partial charge in [-0.25, -0.2) is 0 Å². The van der Waals surface area contributed by atoms with Crippen molar-refractivity contribution in [1.29, 1.82) is 0 Å². The first-order valence-electron chi connectivity index (χ1n) is 7.44. The van der Waals surface area contributed by atoms with Crippen LogP contribution in [0.25, 0.3) is 0 Å². The third-order valence-electron chi connectivity index (χ3n) is 4.82. The Hall–Kier alpha value is -1.26. The predicted molar refractivity (Wildman–Crippen MR) is 84.1 cm³/mol. The Morgan fingerprint density at radius 3 is 2.33 bits per heavy atom. The SMILES string of the molecule is COc1ccc(C(C)NC2CC(OC)C2(C)C)cc1OC. The van der Waals surface area contributed by atoms with Crippen molar-refractivity contribution in [2.75, 3.05) is 21.3 Å². The summed E-state index contributed by atoms with van der Waals surface area (Å²) in [6.07, 6.45) is 1.40. The molecule has 2 rings (SSSR count). The number of hydrogen-bond donors (Lipinski definition) is 1. The van der Waals surface area contributed by atoms with E-state index in [4.69, 9.17) is 14.2 Å². The maximum atomic E-state index is 5.51. The highest BCUT2D eigenvalue weighted by Crippen LogP contribution is 2.43. The molecule has 0 aromatic heterocycles. The first kappa shape index (κ1) is 16.1. The minimum atomic E-state index is 0.166. The summed E-state index contributed by atoms with van der Waals surface area (Å²) in [7, 11) is 5.11. The van der Waals surface area contributed by atoms with Crippen LogP contribution in [0.15, 0.2) is 18.2 Å². The molecule has 1 N–H and O–H groups in total. The van der Waals surface area contributed by atoms with Crippen LogP contribution in [0.3, 0.4) is 0 Å². The Bertz CT molecular complexity index is 487. The molecule has 1 fully saturated rings. The van der Waals surface area contributed by atoms with Crippen molar-refractivity contribution in [2.24, 2.45) is 5.41 Å². The predicted octanol–water partition coefficient (Wildman–Crippen LogP) is 3.17. The topological polar surface area (TPSA) is 39.7 Å². The van der Waals surface area contributed by atoms with Crippen LogP contribution >= 0.6 is 0 Å². The van der Waals surface area contributed by atoms with E-state index in [2.05, 4.69) is 32.2 Å². The van der Waals surface area contributed by atoms with Gasteiger partial charge in [0.15, 0.2) is 11.5 Å². The zero-order valence-corrected chi connectivity index (χ0v) is 13.9. The Morgan fingerprint density at radius 2 is 1.81 bits per heavy atom. The van der Waals surface area contributed by atoms with E-state index in [1.165, 1.54) is 5.56 Å². The van der Waals surface area contributed by atoms with Crippen LogP contribution in [-0.4, -0.2) is 33.5 Å². The minimum absolute atomic E-state index is 0.166. The number of nitrogens with one attached hydrogen (secondary N) is 1. The lowest BCUT2D eigenvalue weighted by Crippen LogP contribution is -2.60. The second-order valence-electron chi connectivity index (χ2n) is 6.34. The molecule has 0 aliphatic heterocycles. The van der Waals surface area contributed by atoms with E-state index < -0.39 is 0 Å². The molecule has 0 bridgehead atoms. The van der Waals surface area contributed by atoms with Crippen molar-refractivity contribution in [1.82, 2.24) is 5.32 Å². The molecule has 1 aliphatic carbocycles. The fourth-order valence-electron chi connectivity index (χ4n) is 3.09. The largest absolute Gasteiger partial charge is 0.493 e. The average Bonchev–Trinajstić information content (AvgIpc) is 2.49. The molecule has 1 aliphatic rings. The van der Waals surface area contributed by atoms with E-state index in [0.717, 1.165) is 17.9 Å². The van der Waals surface area contributed by atoms with Gasteiger partial charge >= 0.3 is 0 Å². The number of rotatable bonds is 6. The molecule has 21 heavy (non-hydrogen) atoms. The van der Waals surface area contributed by atoms with Crippen LogP contribution < -0.4 is 14.8 Å². The van der Waals surface area contributed by atoms with Crippen LogP contribution in [0.5, 0.6) is 11.5 Å². The summed E-state index contributed by atoms with van der Waals surface area (Å²) in [6, 6.07) is 6.79. The number of ether oxygens (including phenoxy) is 3. The minimum Gasteiger partial charge on any atom is -0.493 e. The molecule has 0 spiro atoms. The molecule has 0 saturated heterocycles. The lowest BCUT2D eigenvalue weighted by Gasteiger charge is -2.52. The standard InChI is InChI=1S/C17H27NO3/c1-11(18-15-10-16(21-6)17(15,2)3)12-7-8-13(19-4)14(9-12)20-5/h7-9,11,15-16,18H,10H2,1-6H3. The van der Waals surface area contributed by atoms with Crippen molar-refractivity contribution >= 4 is 0 Å². The number of hydrogen-bond acceptors (Lipinski definition) is 4. The Balaban J connectivity index is 2.06. The van der Waals surface area contributed by atoms with Gasteiger partial charge in [0.25, 0.3) is 0 Å². The highest BCUT2D eigenvalue weighted by Gasteiger charge is 2.48. The molecule has 1 aromatic carbocycles. The quantitative estimate of drug-likeness (QED) is 0.874. The Labute approximate surface area is 127 Å². The fraction of sp³-hybridized carbons (Fsp3) is 0.647. The van der Waals surface area contributed by atoms with Gasteiger partial charge in [0.05, 0.1) is 20.3 Å². The zero-order chi connectivity index (χ0) is 15.6. The molecule has 1 saturated carbocycles. The molecule has 0 amide bonds. The van der Waals surface area contributed by atoms with E-state index >= 15 is 0 Å². The van der Waals surface area contributed by atoms with Gasteiger partial charge in [-0.2, -0.15) is 0 Å². The maximum absolute atomic E-state index is 5.51. The molecule has 1 aromatic rings. The molecule has 4 nitrogen and oxygen atoms in total. The summed E-state index contributed by atoms with van der Waals surface area (Å²) in [5.74, 6) is 1.53. The second-order valence-corrected chi connectivity index (χ2v) is 6.34. The molecular weight excluding hydrogens is 266 g/mol. The molecule has 4 heteroatoms. The third kappa shape index (κ3) is 3.01. The normalized spacial score (nSPS) is 25.0. The molecule has 3 unspecified atom stereocenters. The first-order chi connectivity index (χ1) is 9.93. The number of methoxy groups -OCH3 is 3. The first-order valence-corrected chi connectivity index (χ1v) is 7.44. The highest BCUT2D eigenvalue weighted by molar-refractivity contribution is 5.43. The van der Waals surface area contributed by atoms with Crippen LogP contribution in [0.2, 0.25) is 0 Å². The van der Waals surface area contributed by atoms with Crippen LogP contribution in [0, 0.1) is 5.41 Å². The van der Waals surface area contributed by atoms with Gasteiger partial charge in [0.1, 0.15) is 0 Å². The fourth-order valence-corrected chi connectivity index (χ4v) is 3.09. The molecular formula is C17H27NO3. The smallest absolute Gasteiger partial charge is 0.161 e. The second kappa shape index (κ2) is 6.24. The summed E-state index contributed by atoms with van der Waals surface area (Å²) in [5.41, 5.74) is 1.36. The van der Waals surface area contributed by atoms with Gasteiger partial charge in [-0.15, -0.1) is 0 Å². The van der Waals surface area contributed by atoms with E-state index in [0.29, 0.717) is 12.1 Å². The van der Waals surface area contributed by atoms with Crippen molar-refractivity contribution < 1.29 is 14.2 Å². The molecule has 0 radical (unpaired) electrons. The Morgan fingerprint density at radius 1 is 1.14 bits per heavy atom. The van der Waals surface area contributed by atoms with Crippen LogP contribution in [0.1, 0.15) is 38.8 Å². The summed E-state index contributed by atoms with van der Waals surface area (Å²) < 4.78 is 16.2. The lowest BCUT2D eigenvalue weighted by molar-refractivity contribution is -0.0999. The zero-order valence-electron chi connectivity index (χ0n) is 13.9. The van der Waals surface area contributed by atoms with Gasteiger partial charge in [-0.3, -0.25) is 0 Å². The summed E-state index contributed by atoms with van der Waals surface area (Å²) >= 11 is 0. The molecule has 3 atom stereocenters. The maximum Gasteiger partial charge on any atom is 0.161 e. The van der Waals surface area contributed by atoms with Gasteiger partial charge in [-0.05, 0) is 31.0 Å². The summed E-state index contributed by atoms with van der Waals surface area (Å²) in [4.78, 5) is 0. The van der Waals surface area contributed by atoms with Crippen molar-refractivity contribution in [2.45, 2.75) is 45.4 Å². The lowest BCUT2D eigenvalue weighted by atomic mass is 9.64. The van der Waals surface area contributed by atoms with Crippen LogP contribution in [-0.2, 0) is 4.74 Å². The molecule has 118 valence electrons. The van der Waals surface area contributed by atoms with E-state index in [-0.39, 0.29) is 11.5 Å². The van der Waals surface area contributed by atoms with Gasteiger partial charge in [0.2, 0.25) is 0 Å². The third-order valence-corrected chi connectivity index (χ3v) is 4.82. The van der Waals surface area contributed by atoms with Crippen LogP contribution in [0.4, 0.5) is 0 Å². The number of benzene rings is 1. The van der Waals surface area contributed by atoms with Gasteiger partial charge in [-0.1, -0.05) is 19.9 Å². The molecule has 0 heterocycles. The van der Waals surface area contributed by atoms with E-state index in [9.17, 15) is 0 Å². The highest BCUT2D eigenvalue weighted by atomic mass is 16.5. The van der Waals surface area contributed by atoms with E-state index in [1.54, 1.807) is 21.3 Å². The van der Waals surface area contributed by atoms with Crippen molar-refractivity contribution in [3.63, 3.8) is 0 Å². The van der Waals surface area contributed by atoms with E-state index in [1.807, 2.05) is 12.1 Å². The van der Waals surface area contributed by atoms with Gasteiger partial charge < -0.3 is 19.5 Å². The Kier molecular flexibility index (Phi) is 4.79. The van der Waals surface area contributed by atoms with Crippen molar-refractivity contribution in [3.05, 3.63) is 23.8 Å². The van der Waals surface area contributed by atoms with Gasteiger partial charge in [0, 0.05) is 24.6 Å².